The molecule has 0 amide bonds. The second-order valence-corrected chi connectivity index (χ2v) is 5.82. The first-order valence-corrected chi connectivity index (χ1v) is 6.84. The first kappa shape index (κ1) is 15.2. The Balaban J connectivity index is 2.58. The second-order valence-electron chi connectivity index (χ2n) is 5.82. The normalized spacial score (nSPS) is 13.3. The van der Waals surface area contributed by atoms with E-state index in [0.717, 1.165) is 12.1 Å². The molecule has 0 saturated heterocycles. The van der Waals surface area contributed by atoms with E-state index in [1.165, 1.54) is 17.5 Å². The molecule has 0 saturated carbocycles. The van der Waals surface area contributed by atoms with Crippen molar-refractivity contribution in [2.24, 2.45) is 5.92 Å². The van der Waals surface area contributed by atoms with Crippen molar-refractivity contribution in [1.29, 1.82) is 0 Å². The Morgan fingerprint density at radius 2 is 1.89 bits per heavy atom. The molecular weight excluding hydrogens is 222 g/mol. The third-order valence-corrected chi connectivity index (χ3v) is 3.37. The topological polar surface area (TPSA) is 23.5 Å². The van der Waals surface area contributed by atoms with Crippen LogP contribution < -0.4 is 0 Å². The molecule has 1 atom stereocenters. The van der Waals surface area contributed by atoms with Crippen LogP contribution in [0, 0.1) is 19.8 Å². The first-order chi connectivity index (χ1) is 8.40. The summed E-state index contributed by atoms with van der Waals surface area (Å²) in [6.07, 6.45) is 0.790. The molecule has 1 unspecified atom stereocenters. The van der Waals surface area contributed by atoms with E-state index in [0.29, 0.717) is 12.5 Å². The van der Waals surface area contributed by atoms with Gasteiger partial charge in [0, 0.05) is 6.54 Å². The van der Waals surface area contributed by atoms with Gasteiger partial charge in [0.1, 0.15) is 0 Å². The number of hydrogen-bond acceptors (Lipinski definition) is 2. The van der Waals surface area contributed by atoms with E-state index in [-0.39, 0.29) is 6.10 Å². The van der Waals surface area contributed by atoms with Crippen molar-refractivity contribution in [2.45, 2.75) is 40.2 Å². The standard InChI is InChI=1S/C16H27NO/c1-12(2)8-9-17(5)11-16(18)15-10-13(3)6-7-14(15)4/h6-7,10,12,16,18H,8-9,11H2,1-5H3. The summed E-state index contributed by atoms with van der Waals surface area (Å²) >= 11 is 0. The molecule has 2 heteroatoms. The van der Waals surface area contributed by atoms with Crippen LogP contribution in [0.4, 0.5) is 0 Å². The predicted molar refractivity (Wildman–Crippen MR) is 77.8 cm³/mol. The maximum atomic E-state index is 10.3. The highest BCUT2D eigenvalue weighted by molar-refractivity contribution is 5.32. The van der Waals surface area contributed by atoms with E-state index in [9.17, 15) is 5.11 Å². The fraction of sp³-hybridized carbons (Fsp3) is 0.625. The van der Waals surface area contributed by atoms with Crippen LogP contribution in [0.5, 0.6) is 0 Å². The zero-order valence-corrected chi connectivity index (χ0v) is 12.4. The minimum absolute atomic E-state index is 0.387. The van der Waals surface area contributed by atoms with Gasteiger partial charge >= 0.3 is 0 Å². The molecule has 0 heterocycles. The summed E-state index contributed by atoms with van der Waals surface area (Å²) in [6.45, 7) is 10.3. The van der Waals surface area contributed by atoms with Crippen LogP contribution in [-0.4, -0.2) is 30.1 Å². The van der Waals surface area contributed by atoms with Crippen LogP contribution in [0.15, 0.2) is 18.2 Å². The maximum absolute atomic E-state index is 10.3. The van der Waals surface area contributed by atoms with E-state index >= 15 is 0 Å². The molecule has 18 heavy (non-hydrogen) atoms. The Kier molecular flexibility index (Phi) is 5.83. The Morgan fingerprint density at radius 1 is 1.22 bits per heavy atom. The monoisotopic (exact) mass is 249 g/mol. The fourth-order valence-electron chi connectivity index (χ4n) is 2.08. The van der Waals surface area contributed by atoms with E-state index in [2.05, 4.69) is 57.8 Å². The van der Waals surface area contributed by atoms with Gasteiger partial charge in [-0.1, -0.05) is 37.6 Å². The van der Waals surface area contributed by atoms with Gasteiger partial charge in [-0.05, 0) is 50.9 Å². The summed E-state index contributed by atoms with van der Waals surface area (Å²) in [5.41, 5.74) is 3.44. The molecule has 0 bridgehead atoms. The molecule has 1 N–H and O–H groups in total. The highest BCUT2D eigenvalue weighted by Crippen LogP contribution is 2.20. The van der Waals surface area contributed by atoms with E-state index in [1.54, 1.807) is 0 Å². The average Bonchev–Trinajstić information content (AvgIpc) is 2.29. The van der Waals surface area contributed by atoms with Gasteiger partial charge in [0.25, 0.3) is 0 Å². The molecule has 0 fully saturated rings. The largest absolute Gasteiger partial charge is 0.387 e. The summed E-state index contributed by atoms with van der Waals surface area (Å²) in [7, 11) is 2.08. The third-order valence-electron chi connectivity index (χ3n) is 3.37. The fourth-order valence-corrected chi connectivity index (χ4v) is 2.08. The number of aryl methyl sites for hydroxylation is 2. The quantitative estimate of drug-likeness (QED) is 0.836. The number of rotatable bonds is 6. The van der Waals surface area contributed by atoms with Gasteiger partial charge in [0.15, 0.2) is 0 Å². The molecule has 0 aliphatic heterocycles. The van der Waals surface area contributed by atoms with Gasteiger partial charge < -0.3 is 10.0 Å². The van der Waals surface area contributed by atoms with Crippen molar-refractivity contribution in [3.8, 4) is 0 Å². The van der Waals surface area contributed by atoms with Crippen molar-refractivity contribution >= 4 is 0 Å². The van der Waals surface area contributed by atoms with E-state index in [4.69, 9.17) is 0 Å². The molecule has 2 nitrogen and oxygen atoms in total. The Labute approximate surface area is 112 Å². The Hall–Kier alpha value is -0.860. The lowest BCUT2D eigenvalue weighted by Gasteiger charge is -2.22. The van der Waals surface area contributed by atoms with Crippen molar-refractivity contribution in [1.82, 2.24) is 4.90 Å². The van der Waals surface area contributed by atoms with Crippen molar-refractivity contribution in [3.05, 3.63) is 34.9 Å². The van der Waals surface area contributed by atoms with Gasteiger partial charge in [-0.15, -0.1) is 0 Å². The van der Waals surface area contributed by atoms with Gasteiger partial charge in [-0.25, -0.2) is 0 Å². The lowest BCUT2D eigenvalue weighted by molar-refractivity contribution is 0.124. The summed E-state index contributed by atoms with van der Waals surface area (Å²) in [4.78, 5) is 2.21. The number of nitrogens with zero attached hydrogens (tertiary/aromatic N) is 1. The number of aliphatic hydroxyl groups excluding tert-OH is 1. The Morgan fingerprint density at radius 3 is 2.50 bits per heavy atom. The maximum Gasteiger partial charge on any atom is 0.0919 e. The van der Waals surface area contributed by atoms with E-state index in [1.807, 2.05) is 0 Å². The molecule has 0 radical (unpaired) electrons. The molecule has 0 aromatic heterocycles. The highest BCUT2D eigenvalue weighted by atomic mass is 16.3. The second kappa shape index (κ2) is 6.91. The lowest BCUT2D eigenvalue weighted by atomic mass is 10.0. The first-order valence-electron chi connectivity index (χ1n) is 6.84. The predicted octanol–water partition coefficient (Wildman–Crippen LogP) is 3.31. The third kappa shape index (κ3) is 4.79. The molecule has 1 rings (SSSR count). The van der Waals surface area contributed by atoms with Crippen molar-refractivity contribution < 1.29 is 5.11 Å². The molecular formula is C16H27NO. The van der Waals surface area contributed by atoms with E-state index < -0.39 is 0 Å². The number of hydrogen-bond donors (Lipinski definition) is 1. The zero-order valence-electron chi connectivity index (χ0n) is 12.4. The molecule has 0 aliphatic rings. The number of aliphatic hydroxyl groups is 1. The molecule has 0 aliphatic carbocycles. The Bertz CT molecular complexity index is 373. The summed E-state index contributed by atoms with van der Waals surface area (Å²) in [5, 5.41) is 10.3. The molecule has 0 spiro atoms. The smallest absolute Gasteiger partial charge is 0.0919 e. The van der Waals surface area contributed by atoms with Crippen molar-refractivity contribution in [2.75, 3.05) is 20.1 Å². The molecule has 1 aromatic rings. The minimum Gasteiger partial charge on any atom is -0.387 e. The van der Waals surface area contributed by atoms with Gasteiger partial charge in [0.2, 0.25) is 0 Å². The zero-order chi connectivity index (χ0) is 13.7. The van der Waals surface area contributed by atoms with Crippen LogP contribution in [-0.2, 0) is 0 Å². The lowest BCUT2D eigenvalue weighted by Crippen LogP contribution is -2.26. The van der Waals surface area contributed by atoms with Gasteiger partial charge in [-0.2, -0.15) is 0 Å². The average molecular weight is 249 g/mol. The molecule has 102 valence electrons. The highest BCUT2D eigenvalue weighted by Gasteiger charge is 2.13. The van der Waals surface area contributed by atoms with Gasteiger partial charge in [0.05, 0.1) is 6.10 Å². The van der Waals surface area contributed by atoms with Crippen LogP contribution in [0.3, 0.4) is 0 Å². The van der Waals surface area contributed by atoms with Gasteiger partial charge in [-0.3, -0.25) is 0 Å². The summed E-state index contributed by atoms with van der Waals surface area (Å²) in [5.74, 6) is 0.713. The van der Waals surface area contributed by atoms with Crippen LogP contribution in [0.2, 0.25) is 0 Å². The van der Waals surface area contributed by atoms with Crippen LogP contribution in [0.25, 0.3) is 0 Å². The summed E-state index contributed by atoms with van der Waals surface area (Å²) < 4.78 is 0. The minimum atomic E-state index is -0.387. The number of likely N-dealkylation sites (N-methyl/N-ethyl adjacent to an activating group) is 1. The van der Waals surface area contributed by atoms with Crippen molar-refractivity contribution in [3.63, 3.8) is 0 Å². The number of benzene rings is 1. The molecule has 1 aromatic carbocycles. The van der Waals surface area contributed by atoms with Crippen LogP contribution in [0.1, 0.15) is 43.1 Å². The summed E-state index contributed by atoms with van der Waals surface area (Å²) in [6, 6.07) is 6.27. The SMILES string of the molecule is Cc1ccc(C)c(C(O)CN(C)CCC(C)C)c1. The van der Waals surface area contributed by atoms with Crippen LogP contribution >= 0.6 is 0 Å².